The van der Waals surface area contributed by atoms with Gasteiger partial charge in [-0.15, -0.1) is 0 Å². The van der Waals surface area contributed by atoms with Gasteiger partial charge in [0.05, 0.1) is 11.8 Å². The van der Waals surface area contributed by atoms with Crippen molar-refractivity contribution in [3.8, 4) is 17.2 Å². The first-order valence-corrected chi connectivity index (χ1v) is 8.56. The van der Waals surface area contributed by atoms with Gasteiger partial charge in [-0.25, -0.2) is 15.0 Å². The van der Waals surface area contributed by atoms with Gasteiger partial charge in [-0.3, -0.25) is 9.36 Å². The molecule has 0 atom stereocenters. The number of carbonyl (C=O) groups is 1. The first-order chi connectivity index (χ1) is 13.2. The lowest BCUT2D eigenvalue weighted by Gasteiger charge is -2.09. The van der Waals surface area contributed by atoms with Crippen LogP contribution in [0, 0.1) is 0 Å². The van der Waals surface area contributed by atoms with Crippen LogP contribution >= 0.6 is 0 Å². The number of aryl methyl sites for hydroxylation is 1. The number of hydrogen-bond acceptors (Lipinski definition) is 4. The van der Waals surface area contributed by atoms with Crippen molar-refractivity contribution in [1.82, 2.24) is 24.1 Å². The Hall–Kier alpha value is -3.80. The quantitative estimate of drug-likeness (QED) is 0.463. The van der Waals surface area contributed by atoms with Gasteiger partial charge in [-0.2, -0.15) is 0 Å². The molecule has 0 fully saturated rings. The third-order valence-electron chi connectivity index (χ3n) is 4.67. The Labute approximate surface area is 154 Å². The zero-order chi connectivity index (χ0) is 18.4. The van der Waals surface area contributed by atoms with Gasteiger partial charge in [0.1, 0.15) is 6.29 Å². The third-order valence-corrected chi connectivity index (χ3v) is 4.67. The Bertz CT molecular complexity index is 1300. The minimum Gasteiger partial charge on any atom is -0.318 e. The first kappa shape index (κ1) is 15.5. The maximum absolute atomic E-state index is 10.9. The lowest BCUT2D eigenvalue weighted by molar-refractivity contribution is 0.112. The van der Waals surface area contributed by atoms with Crippen LogP contribution in [0.4, 0.5) is 0 Å². The van der Waals surface area contributed by atoms with Gasteiger partial charge in [0.2, 0.25) is 0 Å². The molecule has 0 saturated carbocycles. The van der Waals surface area contributed by atoms with E-state index in [4.69, 9.17) is 9.97 Å². The van der Waals surface area contributed by atoms with Crippen molar-refractivity contribution in [3.05, 3.63) is 72.7 Å². The van der Waals surface area contributed by atoms with E-state index in [0.717, 1.165) is 39.7 Å². The summed E-state index contributed by atoms with van der Waals surface area (Å²) >= 11 is 0. The van der Waals surface area contributed by atoms with Crippen LogP contribution in [-0.2, 0) is 7.05 Å². The van der Waals surface area contributed by atoms with E-state index in [-0.39, 0.29) is 0 Å². The van der Waals surface area contributed by atoms with Crippen LogP contribution in [0.3, 0.4) is 0 Å². The molecule has 0 spiro atoms. The molecule has 0 amide bonds. The fourth-order valence-electron chi connectivity index (χ4n) is 3.27. The van der Waals surface area contributed by atoms with Crippen molar-refractivity contribution in [2.24, 2.45) is 7.05 Å². The molecule has 6 nitrogen and oxygen atoms in total. The lowest BCUT2D eigenvalue weighted by atomic mass is 10.1. The Balaban J connectivity index is 1.79. The average Bonchev–Trinajstić information content (AvgIpc) is 3.31. The standard InChI is InChI=1S/C21H15N5O/c1-25-13-22-18-20(25)23-19(16-8-6-14(12-27)7-9-16)24-21(18)26-11-10-15-4-2-3-5-17(15)26/h2-13H,1H3. The first-order valence-electron chi connectivity index (χ1n) is 8.56. The summed E-state index contributed by atoms with van der Waals surface area (Å²) in [6.45, 7) is 0. The fraction of sp³-hybridized carbons (Fsp3) is 0.0476. The number of carbonyl (C=O) groups excluding carboxylic acids is 1. The molecule has 0 unspecified atom stereocenters. The van der Waals surface area contributed by atoms with E-state index >= 15 is 0 Å². The average molecular weight is 353 g/mol. The second-order valence-corrected chi connectivity index (χ2v) is 6.38. The number of imidazole rings is 1. The van der Waals surface area contributed by atoms with Gasteiger partial charge >= 0.3 is 0 Å². The number of nitrogens with zero attached hydrogens (tertiary/aromatic N) is 5. The molecule has 0 aliphatic heterocycles. The molecule has 3 aromatic heterocycles. The van der Waals surface area contributed by atoms with E-state index in [1.807, 2.05) is 46.6 Å². The molecule has 0 N–H and O–H groups in total. The minimum atomic E-state index is 0.594. The van der Waals surface area contributed by atoms with Gasteiger partial charge in [0.15, 0.2) is 22.8 Å². The maximum Gasteiger partial charge on any atom is 0.169 e. The van der Waals surface area contributed by atoms with Gasteiger partial charge in [-0.05, 0) is 17.5 Å². The Morgan fingerprint density at radius 1 is 0.963 bits per heavy atom. The van der Waals surface area contributed by atoms with Crippen LogP contribution in [0.1, 0.15) is 10.4 Å². The van der Waals surface area contributed by atoms with Crippen LogP contribution in [0.5, 0.6) is 0 Å². The van der Waals surface area contributed by atoms with Crippen LogP contribution in [-0.4, -0.2) is 30.4 Å². The number of rotatable bonds is 3. The molecule has 0 aliphatic rings. The molecule has 130 valence electrons. The number of benzene rings is 2. The highest BCUT2D eigenvalue weighted by molar-refractivity contribution is 5.87. The molecule has 5 rings (SSSR count). The number of aromatic nitrogens is 5. The predicted octanol–water partition coefficient (Wildman–Crippen LogP) is 3.79. The van der Waals surface area contributed by atoms with Crippen LogP contribution < -0.4 is 0 Å². The molecule has 27 heavy (non-hydrogen) atoms. The molecular weight excluding hydrogens is 338 g/mol. The highest BCUT2D eigenvalue weighted by Crippen LogP contribution is 2.26. The van der Waals surface area contributed by atoms with Gasteiger partial charge < -0.3 is 4.57 Å². The smallest absolute Gasteiger partial charge is 0.169 e. The summed E-state index contributed by atoms with van der Waals surface area (Å²) in [6, 6.07) is 17.5. The minimum absolute atomic E-state index is 0.594. The molecule has 0 radical (unpaired) electrons. The topological polar surface area (TPSA) is 65.6 Å². The summed E-state index contributed by atoms with van der Waals surface area (Å²) < 4.78 is 3.92. The van der Waals surface area contributed by atoms with Gasteiger partial charge in [-0.1, -0.05) is 42.5 Å². The van der Waals surface area contributed by atoms with E-state index in [1.54, 1.807) is 18.5 Å². The fourth-order valence-corrected chi connectivity index (χ4v) is 3.27. The van der Waals surface area contributed by atoms with Crippen molar-refractivity contribution < 1.29 is 4.79 Å². The molecule has 0 aliphatic carbocycles. The van der Waals surface area contributed by atoms with E-state index < -0.39 is 0 Å². The largest absolute Gasteiger partial charge is 0.318 e. The summed E-state index contributed by atoms with van der Waals surface area (Å²) in [7, 11) is 1.92. The SMILES string of the molecule is Cn1cnc2c(-n3ccc4ccccc43)nc(-c3ccc(C=O)cc3)nc21. The van der Waals surface area contributed by atoms with E-state index in [2.05, 4.69) is 23.2 Å². The molecule has 6 heteroatoms. The summed E-state index contributed by atoms with van der Waals surface area (Å²) in [4.78, 5) is 25.0. The third kappa shape index (κ3) is 2.42. The summed E-state index contributed by atoms with van der Waals surface area (Å²) in [5, 5.41) is 1.14. The molecule has 5 aromatic rings. The maximum atomic E-state index is 10.9. The predicted molar refractivity (Wildman–Crippen MR) is 104 cm³/mol. The Morgan fingerprint density at radius 3 is 2.59 bits per heavy atom. The zero-order valence-electron chi connectivity index (χ0n) is 14.6. The van der Waals surface area contributed by atoms with E-state index in [9.17, 15) is 4.79 Å². The highest BCUT2D eigenvalue weighted by atomic mass is 16.1. The van der Waals surface area contributed by atoms with E-state index in [0.29, 0.717) is 11.4 Å². The molecule has 0 saturated heterocycles. The van der Waals surface area contributed by atoms with Crippen LogP contribution in [0.25, 0.3) is 39.3 Å². The van der Waals surface area contributed by atoms with Gasteiger partial charge in [0.25, 0.3) is 0 Å². The van der Waals surface area contributed by atoms with Crippen molar-refractivity contribution in [2.75, 3.05) is 0 Å². The molecular formula is C21H15N5O. The summed E-state index contributed by atoms with van der Waals surface area (Å²) in [6.07, 6.45) is 4.57. The monoisotopic (exact) mass is 353 g/mol. The van der Waals surface area contributed by atoms with Crippen molar-refractivity contribution in [1.29, 1.82) is 0 Å². The number of para-hydroxylation sites is 1. The zero-order valence-corrected chi connectivity index (χ0v) is 14.6. The van der Waals surface area contributed by atoms with Crippen molar-refractivity contribution in [2.45, 2.75) is 0 Å². The lowest BCUT2D eigenvalue weighted by Crippen LogP contribution is -2.02. The highest BCUT2D eigenvalue weighted by Gasteiger charge is 2.16. The molecule has 0 bridgehead atoms. The van der Waals surface area contributed by atoms with Crippen LogP contribution in [0.15, 0.2) is 67.1 Å². The van der Waals surface area contributed by atoms with Crippen molar-refractivity contribution in [3.63, 3.8) is 0 Å². The number of fused-ring (bicyclic) bond motifs is 2. The molecule has 3 heterocycles. The summed E-state index contributed by atoms with van der Waals surface area (Å²) in [5.41, 5.74) is 4.03. The Morgan fingerprint density at radius 2 is 1.78 bits per heavy atom. The number of hydrogen-bond donors (Lipinski definition) is 0. The normalized spacial score (nSPS) is 11.3. The van der Waals surface area contributed by atoms with Gasteiger partial charge in [0, 0.05) is 24.4 Å². The van der Waals surface area contributed by atoms with E-state index in [1.165, 1.54) is 0 Å². The molecule has 2 aromatic carbocycles. The Kier molecular flexibility index (Phi) is 3.36. The second kappa shape index (κ2) is 5.88. The van der Waals surface area contributed by atoms with Crippen LogP contribution in [0.2, 0.25) is 0 Å². The summed E-state index contributed by atoms with van der Waals surface area (Å²) in [5.74, 6) is 1.33. The number of aldehydes is 1. The second-order valence-electron chi connectivity index (χ2n) is 6.38. The van der Waals surface area contributed by atoms with Crippen molar-refractivity contribution >= 4 is 28.4 Å².